The molecule has 2 aromatic rings. The number of ether oxygens (including phenoxy) is 1. The fourth-order valence-corrected chi connectivity index (χ4v) is 3.52. The number of thiocarbonyl (C=S) groups is 1. The fraction of sp³-hybridized carbons (Fsp3) is 0.318. The van der Waals surface area contributed by atoms with E-state index in [4.69, 9.17) is 17.0 Å². The number of carbonyl (C=O) groups is 2. The number of para-hydroxylation sites is 1. The summed E-state index contributed by atoms with van der Waals surface area (Å²) in [5.41, 5.74) is 6.92. The number of benzene rings is 2. The van der Waals surface area contributed by atoms with Gasteiger partial charge in [0.25, 0.3) is 5.91 Å². The number of amides is 2. The maximum absolute atomic E-state index is 12.2. The molecule has 1 fully saturated rings. The fourth-order valence-electron chi connectivity index (χ4n) is 3.36. The van der Waals surface area contributed by atoms with Crippen molar-refractivity contribution in [3.63, 3.8) is 0 Å². The molecule has 3 rings (SSSR count). The van der Waals surface area contributed by atoms with E-state index in [9.17, 15) is 9.59 Å². The molecule has 0 atom stereocenters. The topological polar surface area (TPSA) is 79.5 Å². The molecule has 0 aromatic heterocycles. The van der Waals surface area contributed by atoms with Crippen LogP contribution in [0.3, 0.4) is 0 Å². The molecule has 3 N–H and O–H groups in total. The van der Waals surface area contributed by atoms with E-state index in [2.05, 4.69) is 16.2 Å². The number of rotatable bonds is 5. The Labute approximate surface area is 176 Å². The van der Waals surface area contributed by atoms with E-state index < -0.39 is 5.91 Å². The van der Waals surface area contributed by atoms with Crippen molar-refractivity contribution in [2.45, 2.75) is 32.1 Å². The monoisotopic (exact) mass is 411 g/mol. The minimum absolute atomic E-state index is 0.00276. The van der Waals surface area contributed by atoms with Gasteiger partial charge in [0.15, 0.2) is 11.7 Å². The molecule has 6 nitrogen and oxygen atoms in total. The van der Waals surface area contributed by atoms with Crippen LogP contribution in [-0.4, -0.2) is 23.5 Å². The largest absolute Gasteiger partial charge is 0.483 e. The average Bonchev–Trinajstić information content (AvgIpc) is 2.77. The third kappa shape index (κ3) is 6.29. The van der Waals surface area contributed by atoms with Crippen molar-refractivity contribution < 1.29 is 14.3 Å². The Morgan fingerprint density at radius 1 is 0.931 bits per heavy atom. The van der Waals surface area contributed by atoms with E-state index in [1.54, 1.807) is 0 Å². The summed E-state index contributed by atoms with van der Waals surface area (Å²) >= 11 is 5.08. The van der Waals surface area contributed by atoms with Crippen LogP contribution in [0.15, 0.2) is 54.6 Å². The summed E-state index contributed by atoms with van der Waals surface area (Å²) in [7, 11) is 0. The van der Waals surface area contributed by atoms with Crippen molar-refractivity contribution >= 4 is 29.1 Å². The van der Waals surface area contributed by atoms with Gasteiger partial charge in [0, 0.05) is 11.5 Å². The number of nitrogens with one attached hydrogen (secondary N) is 3. The van der Waals surface area contributed by atoms with Gasteiger partial charge < -0.3 is 10.1 Å². The number of hydrazine groups is 1. The first kappa shape index (κ1) is 20.8. The zero-order valence-electron chi connectivity index (χ0n) is 16.1. The van der Waals surface area contributed by atoms with Crippen molar-refractivity contribution in [3.8, 4) is 16.9 Å². The Morgan fingerprint density at radius 2 is 1.62 bits per heavy atom. The summed E-state index contributed by atoms with van der Waals surface area (Å²) in [6.45, 7) is -0.184. The van der Waals surface area contributed by atoms with Crippen molar-refractivity contribution in [2.24, 2.45) is 5.92 Å². The summed E-state index contributed by atoms with van der Waals surface area (Å²) in [4.78, 5) is 24.2. The molecule has 29 heavy (non-hydrogen) atoms. The standard InChI is InChI=1S/C22H25N3O3S/c26-20(24-25-22(29)23-21(27)17-11-5-2-6-12-17)15-28-19-14-8-7-13-18(19)16-9-3-1-4-10-16/h1,3-4,7-10,13-14,17H,2,5-6,11-12,15H2,(H,24,26)(H2,23,25,27,29). The van der Waals surface area contributed by atoms with E-state index in [0.717, 1.165) is 36.8 Å². The minimum Gasteiger partial charge on any atom is -0.483 e. The zero-order valence-corrected chi connectivity index (χ0v) is 17.0. The van der Waals surface area contributed by atoms with Crippen molar-refractivity contribution in [1.82, 2.24) is 16.2 Å². The van der Waals surface area contributed by atoms with Gasteiger partial charge in [0.2, 0.25) is 5.91 Å². The van der Waals surface area contributed by atoms with Crippen LogP contribution in [0.4, 0.5) is 0 Å². The predicted molar refractivity (Wildman–Crippen MR) is 116 cm³/mol. The van der Waals surface area contributed by atoms with Gasteiger partial charge in [-0.2, -0.15) is 0 Å². The van der Waals surface area contributed by atoms with E-state index in [1.807, 2.05) is 54.6 Å². The summed E-state index contributed by atoms with van der Waals surface area (Å²) in [6, 6.07) is 17.3. The second-order valence-corrected chi connectivity index (χ2v) is 7.39. The maximum atomic E-state index is 12.2. The van der Waals surface area contributed by atoms with Gasteiger partial charge in [-0.05, 0) is 36.7 Å². The molecule has 7 heteroatoms. The van der Waals surface area contributed by atoms with E-state index >= 15 is 0 Å². The number of carbonyl (C=O) groups excluding carboxylic acids is 2. The normalized spacial score (nSPS) is 13.9. The molecule has 0 aliphatic heterocycles. The van der Waals surface area contributed by atoms with E-state index in [1.165, 1.54) is 6.42 Å². The number of hydrogen-bond acceptors (Lipinski definition) is 4. The Balaban J connectivity index is 1.45. The maximum Gasteiger partial charge on any atom is 0.276 e. The van der Waals surface area contributed by atoms with Gasteiger partial charge in [-0.1, -0.05) is 67.8 Å². The lowest BCUT2D eigenvalue weighted by Crippen LogP contribution is -2.50. The summed E-state index contributed by atoms with van der Waals surface area (Å²) in [5, 5.41) is 2.72. The van der Waals surface area contributed by atoms with Crippen LogP contribution in [0.5, 0.6) is 5.75 Å². The van der Waals surface area contributed by atoms with Crippen molar-refractivity contribution in [2.75, 3.05) is 6.61 Å². The first-order chi connectivity index (χ1) is 14.1. The van der Waals surface area contributed by atoms with Gasteiger partial charge >= 0.3 is 0 Å². The minimum atomic E-state index is -0.401. The lowest BCUT2D eigenvalue weighted by Gasteiger charge is -2.21. The van der Waals surface area contributed by atoms with Crippen molar-refractivity contribution in [1.29, 1.82) is 0 Å². The lowest BCUT2D eigenvalue weighted by atomic mass is 9.89. The second kappa shape index (κ2) is 10.6. The highest BCUT2D eigenvalue weighted by Gasteiger charge is 2.21. The molecule has 1 aliphatic rings. The first-order valence-corrected chi connectivity index (χ1v) is 10.2. The van der Waals surface area contributed by atoms with Crippen LogP contribution >= 0.6 is 12.2 Å². The Morgan fingerprint density at radius 3 is 2.38 bits per heavy atom. The molecule has 152 valence electrons. The van der Waals surface area contributed by atoms with Gasteiger partial charge in [0.1, 0.15) is 5.75 Å². The first-order valence-electron chi connectivity index (χ1n) is 9.80. The molecule has 0 bridgehead atoms. The van der Waals surface area contributed by atoms with Crippen LogP contribution in [0.25, 0.3) is 11.1 Å². The average molecular weight is 412 g/mol. The molecule has 0 spiro atoms. The smallest absolute Gasteiger partial charge is 0.276 e. The molecule has 2 amide bonds. The SMILES string of the molecule is O=C(COc1ccccc1-c1ccccc1)NNC(=S)NC(=O)C1CCCCC1. The van der Waals surface area contributed by atoms with Gasteiger partial charge in [0.05, 0.1) is 0 Å². The van der Waals surface area contributed by atoms with Crippen LogP contribution in [0.2, 0.25) is 0 Å². The van der Waals surface area contributed by atoms with E-state index in [0.29, 0.717) is 5.75 Å². The van der Waals surface area contributed by atoms with Crippen molar-refractivity contribution in [3.05, 3.63) is 54.6 Å². The third-order valence-corrected chi connectivity index (χ3v) is 5.06. The summed E-state index contributed by atoms with van der Waals surface area (Å²) < 4.78 is 5.68. The van der Waals surface area contributed by atoms with Crippen LogP contribution < -0.4 is 20.9 Å². The highest BCUT2D eigenvalue weighted by molar-refractivity contribution is 7.80. The quantitative estimate of drug-likeness (QED) is 0.520. The van der Waals surface area contributed by atoms with Gasteiger partial charge in [-0.25, -0.2) is 0 Å². The molecular formula is C22H25N3O3S. The highest BCUT2D eigenvalue weighted by Crippen LogP contribution is 2.29. The molecule has 0 radical (unpaired) electrons. The van der Waals surface area contributed by atoms with Crippen LogP contribution in [0.1, 0.15) is 32.1 Å². The second-order valence-electron chi connectivity index (χ2n) is 6.98. The highest BCUT2D eigenvalue weighted by atomic mass is 32.1. The Kier molecular flexibility index (Phi) is 7.58. The van der Waals surface area contributed by atoms with E-state index in [-0.39, 0.29) is 23.5 Å². The van der Waals surface area contributed by atoms with Gasteiger partial charge in [-0.15, -0.1) is 0 Å². The molecule has 0 unspecified atom stereocenters. The molecule has 2 aromatic carbocycles. The molecule has 0 heterocycles. The van der Waals surface area contributed by atoms with Crippen LogP contribution in [0, 0.1) is 5.92 Å². The molecule has 1 aliphatic carbocycles. The predicted octanol–water partition coefficient (Wildman–Crippen LogP) is 3.33. The third-order valence-electron chi connectivity index (χ3n) is 4.86. The molecule has 0 saturated heterocycles. The Bertz CT molecular complexity index is 851. The van der Waals surface area contributed by atoms with Crippen LogP contribution in [-0.2, 0) is 9.59 Å². The Hall–Kier alpha value is -2.93. The zero-order chi connectivity index (χ0) is 20.5. The molecule has 1 saturated carbocycles. The number of hydrogen-bond donors (Lipinski definition) is 3. The molecular weight excluding hydrogens is 386 g/mol. The summed E-state index contributed by atoms with van der Waals surface area (Å²) in [5.74, 6) is 0.116. The lowest BCUT2D eigenvalue weighted by molar-refractivity contribution is -0.125. The summed E-state index contributed by atoms with van der Waals surface area (Å²) in [6.07, 6.45) is 5.08. The van der Waals surface area contributed by atoms with Gasteiger partial charge in [-0.3, -0.25) is 20.4 Å².